The summed E-state index contributed by atoms with van der Waals surface area (Å²) in [5.74, 6) is 1.78. The summed E-state index contributed by atoms with van der Waals surface area (Å²) in [5.41, 5.74) is 3.61. The zero-order chi connectivity index (χ0) is 15.5. The van der Waals surface area contributed by atoms with Gasteiger partial charge in [0.05, 0.1) is 0 Å². The predicted molar refractivity (Wildman–Crippen MR) is 94.5 cm³/mol. The van der Waals surface area contributed by atoms with Crippen LogP contribution < -0.4 is 0 Å². The van der Waals surface area contributed by atoms with Gasteiger partial charge in [0, 0.05) is 15.9 Å². The van der Waals surface area contributed by atoms with Gasteiger partial charge in [0.15, 0.2) is 5.16 Å². The Morgan fingerprint density at radius 3 is 2.55 bits per heavy atom. The number of aromatic nitrogens is 3. The first kappa shape index (κ1) is 15.3. The summed E-state index contributed by atoms with van der Waals surface area (Å²) in [6, 6.07) is 16.8. The first-order valence-electron chi connectivity index (χ1n) is 7.00. The van der Waals surface area contributed by atoms with E-state index in [2.05, 4.69) is 86.1 Å². The minimum atomic E-state index is 0.872. The van der Waals surface area contributed by atoms with E-state index in [0.717, 1.165) is 26.9 Å². The highest BCUT2D eigenvalue weighted by atomic mass is 79.9. The molecule has 0 N–H and O–H groups in total. The second-order valence-electron chi connectivity index (χ2n) is 5.12. The molecule has 0 saturated heterocycles. The van der Waals surface area contributed by atoms with Crippen LogP contribution in [-0.4, -0.2) is 14.8 Å². The van der Waals surface area contributed by atoms with Crippen molar-refractivity contribution in [2.75, 3.05) is 0 Å². The van der Waals surface area contributed by atoms with Gasteiger partial charge in [-0.05, 0) is 49.2 Å². The third-order valence-corrected chi connectivity index (χ3v) is 4.86. The van der Waals surface area contributed by atoms with E-state index in [1.54, 1.807) is 11.8 Å². The quantitative estimate of drug-likeness (QED) is 0.606. The molecule has 1 aromatic heterocycles. The number of rotatable bonds is 4. The lowest BCUT2D eigenvalue weighted by Crippen LogP contribution is -1.99. The van der Waals surface area contributed by atoms with Gasteiger partial charge in [0.25, 0.3) is 0 Å². The van der Waals surface area contributed by atoms with Crippen LogP contribution in [-0.2, 0) is 5.75 Å². The molecule has 0 aliphatic carbocycles. The van der Waals surface area contributed by atoms with Gasteiger partial charge in [-0.2, -0.15) is 0 Å². The van der Waals surface area contributed by atoms with Crippen LogP contribution in [0.5, 0.6) is 0 Å². The molecule has 0 saturated carbocycles. The highest BCUT2D eigenvalue weighted by Gasteiger charge is 2.11. The summed E-state index contributed by atoms with van der Waals surface area (Å²) in [5, 5.41) is 9.48. The van der Waals surface area contributed by atoms with E-state index in [-0.39, 0.29) is 0 Å². The zero-order valence-corrected chi connectivity index (χ0v) is 14.9. The van der Waals surface area contributed by atoms with Crippen LogP contribution in [0.15, 0.2) is 58.2 Å². The molecule has 0 aliphatic heterocycles. The maximum atomic E-state index is 4.32. The lowest BCUT2D eigenvalue weighted by Gasteiger charge is -2.09. The molecule has 0 fully saturated rings. The van der Waals surface area contributed by atoms with Gasteiger partial charge in [-0.1, -0.05) is 52.0 Å². The van der Waals surface area contributed by atoms with E-state index in [0.29, 0.717) is 0 Å². The lowest BCUT2D eigenvalue weighted by atomic mass is 10.2. The fourth-order valence-corrected chi connectivity index (χ4v) is 3.45. The summed E-state index contributed by atoms with van der Waals surface area (Å²) in [4.78, 5) is 0. The molecular formula is C17H16BrN3S. The molecule has 0 bridgehead atoms. The van der Waals surface area contributed by atoms with Crippen LogP contribution in [0.3, 0.4) is 0 Å². The smallest absolute Gasteiger partial charge is 0.196 e. The Kier molecular flexibility index (Phi) is 4.64. The number of thioether (sulfide) groups is 1. The molecule has 2 aromatic carbocycles. The standard InChI is InChI=1S/C17H16BrN3S/c1-12-4-3-5-16(10-12)21-13(2)19-20-17(21)22-11-14-6-8-15(18)9-7-14/h3-10H,11H2,1-2H3. The van der Waals surface area contributed by atoms with E-state index in [1.165, 1.54) is 11.1 Å². The molecule has 112 valence electrons. The van der Waals surface area contributed by atoms with E-state index in [4.69, 9.17) is 0 Å². The Morgan fingerprint density at radius 1 is 1.05 bits per heavy atom. The normalized spacial score (nSPS) is 10.9. The Morgan fingerprint density at radius 2 is 1.82 bits per heavy atom. The third kappa shape index (κ3) is 3.42. The predicted octanol–water partition coefficient (Wildman–Crippen LogP) is 4.94. The molecule has 3 nitrogen and oxygen atoms in total. The van der Waals surface area contributed by atoms with Gasteiger partial charge in [-0.15, -0.1) is 10.2 Å². The zero-order valence-electron chi connectivity index (χ0n) is 12.5. The number of nitrogens with zero attached hydrogens (tertiary/aromatic N) is 3. The molecule has 0 aliphatic rings. The summed E-state index contributed by atoms with van der Waals surface area (Å²) < 4.78 is 3.20. The van der Waals surface area contributed by atoms with Crippen molar-refractivity contribution in [1.82, 2.24) is 14.8 Å². The van der Waals surface area contributed by atoms with Crippen molar-refractivity contribution in [1.29, 1.82) is 0 Å². The average molecular weight is 374 g/mol. The molecule has 1 heterocycles. The van der Waals surface area contributed by atoms with Gasteiger partial charge in [-0.25, -0.2) is 0 Å². The average Bonchev–Trinajstić information content (AvgIpc) is 2.87. The van der Waals surface area contributed by atoms with Crippen molar-refractivity contribution in [3.05, 3.63) is 70.0 Å². The minimum Gasteiger partial charge on any atom is -0.274 e. The van der Waals surface area contributed by atoms with Crippen LogP contribution >= 0.6 is 27.7 Å². The first-order valence-corrected chi connectivity index (χ1v) is 8.77. The van der Waals surface area contributed by atoms with Crippen molar-refractivity contribution in [3.8, 4) is 5.69 Å². The second kappa shape index (κ2) is 6.67. The molecule has 0 spiro atoms. The SMILES string of the molecule is Cc1cccc(-n2c(C)nnc2SCc2ccc(Br)cc2)c1. The molecule has 0 amide bonds. The van der Waals surface area contributed by atoms with Crippen LogP contribution in [0.1, 0.15) is 17.0 Å². The maximum Gasteiger partial charge on any atom is 0.196 e. The Bertz CT molecular complexity index is 781. The topological polar surface area (TPSA) is 30.7 Å². The van der Waals surface area contributed by atoms with Crippen molar-refractivity contribution < 1.29 is 0 Å². The Labute approximate surface area is 142 Å². The van der Waals surface area contributed by atoms with Crippen molar-refractivity contribution >= 4 is 27.7 Å². The third-order valence-electron chi connectivity index (χ3n) is 3.34. The van der Waals surface area contributed by atoms with Gasteiger partial charge in [0.2, 0.25) is 0 Å². The monoisotopic (exact) mass is 373 g/mol. The largest absolute Gasteiger partial charge is 0.274 e. The summed E-state index contributed by atoms with van der Waals surface area (Å²) in [6.07, 6.45) is 0. The van der Waals surface area contributed by atoms with Crippen LogP contribution in [0.2, 0.25) is 0 Å². The van der Waals surface area contributed by atoms with E-state index >= 15 is 0 Å². The minimum absolute atomic E-state index is 0.872. The lowest BCUT2D eigenvalue weighted by molar-refractivity contribution is 0.867. The molecule has 0 radical (unpaired) electrons. The first-order chi connectivity index (χ1) is 10.6. The van der Waals surface area contributed by atoms with Crippen molar-refractivity contribution in [2.45, 2.75) is 24.8 Å². The summed E-state index contributed by atoms with van der Waals surface area (Å²) >= 11 is 5.16. The number of aryl methyl sites for hydroxylation is 2. The highest BCUT2D eigenvalue weighted by molar-refractivity contribution is 9.10. The molecule has 0 atom stereocenters. The van der Waals surface area contributed by atoms with Crippen molar-refractivity contribution in [3.63, 3.8) is 0 Å². The number of halogens is 1. The second-order valence-corrected chi connectivity index (χ2v) is 6.98. The van der Waals surface area contributed by atoms with Crippen LogP contribution in [0.4, 0.5) is 0 Å². The molecule has 22 heavy (non-hydrogen) atoms. The number of hydrogen-bond acceptors (Lipinski definition) is 3. The molecular weight excluding hydrogens is 358 g/mol. The Balaban J connectivity index is 1.84. The number of hydrogen-bond donors (Lipinski definition) is 0. The van der Waals surface area contributed by atoms with Crippen LogP contribution in [0, 0.1) is 13.8 Å². The summed E-state index contributed by atoms with van der Waals surface area (Å²) in [6.45, 7) is 4.08. The highest BCUT2D eigenvalue weighted by Crippen LogP contribution is 2.26. The summed E-state index contributed by atoms with van der Waals surface area (Å²) in [7, 11) is 0. The maximum absolute atomic E-state index is 4.32. The Hall–Kier alpha value is -1.59. The van der Waals surface area contributed by atoms with Gasteiger partial charge < -0.3 is 0 Å². The van der Waals surface area contributed by atoms with Gasteiger partial charge in [-0.3, -0.25) is 4.57 Å². The number of benzene rings is 2. The fraction of sp³-hybridized carbons (Fsp3) is 0.176. The van der Waals surface area contributed by atoms with E-state index in [9.17, 15) is 0 Å². The van der Waals surface area contributed by atoms with Gasteiger partial charge >= 0.3 is 0 Å². The molecule has 0 unspecified atom stereocenters. The van der Waals surface area contributed by atoms with Crippen molar-refractivity contribution in [2.24, 2.45) is 0 Å². The van der Waals surface area contributed by atoms with E-state index < -0.39 is 0 Å². The molecule has 3 aromatic rings. The van der Waals surface area contributed by atoms with Gasteiger partial charge in [0.1, 0.15) is 5.82 Å². The fourth-order valence-electron chi connectivity index (χ4n) is 2.23. The van der Waals surface area contributed by atoms with E-state index in [1.807, 2.05) is 6.92 Å². The molecule has 5 heteroatoms. The molecule has 3 rings (SSSR count). The van der Waals surface area contributed by atoms with Crippen LogP contribution in [0.25, 0.3) is 5.69 Å².